The quantitative estimate of drug-likeness (QED) is 0.610. The Morgan fingerprint density at radius 1 is 1.03 bits per heavy atom. The predicted octanol–water partition coefficient (Wildman–Crippen LogP) is 2.14. The lowest BCUT2D eigenvalue weighted by molar-refractivity contribution is -0.139. The molecule has 0 spiro atoms. The Morgan fingerprint density at radius 3 is 2.20 bits per heavy atom. The van der Waals surface area contributed by atoms with E-state index in [2.05, 4.69) is 16.1 Å². The number of hydrogen-bond acceptors (Lipinski definition) is 4. The molecule has 2 aromatic carbocycles. The van der Waals surface area contributed by atoms with Crippen molar-refractivity contribution in [2.75, 3.05) is 0 Å². The molecule has 8 heteroatoms. The van der Waals surface area contributed by atoms with Crippen molar-refractivity contribution in [2.45, 2.75) is 38.3 Å². The fraction of sp³-hybridized carbons (Fsp3) is 0.273. The van der Waals surface area contributed by atoms with Gasteiger partial charge in [0.15, 0.2) is 0 Å². The molecular formula is C22H24N4O4. The first kappa shape index (κ1) is 21.0. The maximum absolute atomic E-state index is 13.1. The van der Waals surface area contributed by atoms with Gasteiger partial charge >= 0.3 is 6.03 Å². The molecule has 1 aliphatic heterocycles. The van der Waals surface area contributed by atoms with Crippen molar-refractivity contribution in [3.05, 3.63) is 71.8 Å². The highest BCUT2D eigenvalue weighted by Crippen LogP contribution is 2.31. The molecule has 0 aromatic heterocycles. The number of nitrogens with one attached hydrogen (secondary N) is 3. The summed E-state index contributed by atoms with van der Waals surface area (Å²) in [4.78, 5) is 49.8. The summed E-state index contributed by atoms with van der Waals surface area (Å²) >= 11 is 0. The van der Waals surface area contributed by atoms with Gasteiger partial charge in [0.05, 0.1) is 12.5 Å². The number of carbonyl (C=O) groups is 4. The number of imide groups is 1. The Balaban J connectivity index is 1.76. The van der Waals surface area contributed by atoms with Crippen molar-refractivity contribution in [1.29, 1.82) is 0 Å². The molecule has 0 aliphatic carbocycles. The third-order valence-electron chi connectivity index (χ3n) is 5.09. The minimum absolute atomic E-state index is 0.134. The van der Waals surface area contributed by atoms with E-state index in [1.807, 2.05) is 12.1 Å². The lowest BCUT2D eigenvalue weighted by Gasteiger charge is -2.25. The van der Waals surface area contributed by atoms with E-state index in [4.69, 9.17) is 0 Å². The molecule has 5 amide bonds. The Kier molecular flexibility index (Phi) is 6.15. The van der Waals surface area contributed by atoms with Crippen molar-refractivity contribution in [3.63, 3.8) is 0 Å². The van der Waals surface area contributed by atoms with E-state index >= 15 is 0 Å². The van der Waals surface area contributed by atoms with Gasteiger partial charge in [-0.15, -0.1) is 0 Å². The molecule has 3 rings (SSSR count). The standard InChI is InChI=1S/C22H24N4O4/c1-3-22(17-12-8-5-9-13-17)20(29)26(21(30)24-22)25-19(28)14-18(23-15(2)27)16-10-6-4-7-11-16/h4-13,18H,3,14H2,1-2H3,(H,23,27)(H,24,30)(H,25,28)/t18-,22+/m0/s1. The van der Waals surface area contributed by atoms with Gasteiger partial charge in [0.25, 0.3) is 5.91 Å². The fourth-order valence-electron chi connectivity index (χ4n) is 3.58. The van der Waals surface area contributed by atoms with Gasteiger partial charge < -0.3 is 10.6 Å². The Labute approximate surface area is 174 Å². The van der Waals surface area contributed by atoms with Gasteiger partial charge in [-0.2, -0.15) is 5.01 Å². The van der Waals surface area contributed by atoms with E-state index in [0.29, 0.717) is 17.0 Å². The zero-order valence-corrected chi connectivity index (χ0v) is 16.8. The number of carbonyl (C=O) groups excluding carboxylic acids is 4. The average molecular weight is 408 g/mol. The van der Waals surface area contributed by atoms with Gasteiger partial charge in [-0.25, -0.2) is 4.79 Å². The zero-order valence-electron chi connectivity index (χ0n) is 16.8. The number of benzene rings is 2. The highest BCUT2D eigenvalue weighted by atomic mass is 16.2. The van der Waals surface area contributed by atoms with Crippen LogP contribution >= 0.6 is 0 Å². The summed E-state index contributed by atoms with van der Waals surface area (Å²) in [7, 11) is 0. The van der Waals surface area contributed by atoms with E-state index in [9.17, 15) is 19.2 Å². The topological polar surface area (TPSA) is 108 Å². The highest BCUT2D eigenvalue weighted by molar-refractivity contribution is 6.08. The maximum Gasteiger partial charge on any atom is 0.344 e. The smallest absolute Gasteiger partial charge is 0.344 e. The van der Waals surface area contributed by atoms with Crippen LogP contribution in [-0.2, 0) is 19.9 Å². The van der Waals surface area contributed by atoms with Crippen LogP contribution in [0.3, 0.4) is 0 Å². The molecule has 0 bridgehead atoms. The molecule has 30 heavy (non-hydrogen) atoms. The largest absolute Gasteiger partial charge is 0.349 e. The molecule has 8 nitrogen and oxygen atoms in total. The first-order chi connectivity index (χ1) is 14.4. The zero-order chi connectivity index (χ0) is 21.7. The highest BCUT2D eigenvalue weighted by Gasteiger charge is 2.52. The third-order valence-corrected chi connectivity index (χ3v) is 5.09. The van der Waals surface area contributed by atoms with Crippen LogP contribution in [0.15, 0.2) is 60.7 Å². The van der Waals surface area contributed by atoms with Crippen molar-refractivity contribution in [3.8, 4) is 0 Å². The molecule has 1 saturated heterocycles. The summed E-state index contributed by atoms with van der Waals surface area (Å²) in [5.41, 5.74) is 2.54. The van der Waals surface area contributed by atoms with E-state index in [1.165, 1.54) is 6.92 Å². The van der Waals surface area contributed by atoms with Crippen molar-refractivity contribution in [1.82, 2.24) is 21.1 Å². The molecule has 1 fully saturated rings. The summed E-state index contributed by atoms with van der Waals surface area (Å²) < 4.78 is 0. The van der Waals surface area contributed by atoms with Crippen LogP contribution in [0.4, 0.5) is 4.79 Å². The molecule has 0 saturated carbocycles. The van der Waals surface area contributed by atoms with Crippen LogP contribution < -0.4 is 16.1 Å². The molecule has 3 N–H and O–H groups in total. The summed E-state index contributed by atoms with van der Waals surface area (Å²) in [6.45, 7) is 3.15. The minimum atomic E-state index is -1.23. The van der Waals surface area contributed by atoms with Crippen molar-refractivity contribution < 1.29 is 19.2 Å². The molecule has 1 heterocycles. The Hall–Kier alpha value is -3.68. The van der Waals surface area contributed by atoms with Gasteiger partial charge in [0.1, 0.15) is 5.54 Å². The van der Waals surface area contributed by atoms with E-state index < -0.39 is 29.4 Å². The summed E-state index contributed by atoms with van der Waals surface area (Å²) in [5, 5.41) is 6.15. The minimum Gasteiger partial charge on any atom is -0.349 e. The van der Waals surface area contributed by atoms with Gasteiger partial charge in [-0.1, -0.05) is 67.6 Å². The second kappa shape index (κ2) is 8.77. The Morgan fingerprint density at radius 2 is 1.63 bits per heavy atom. The Bertz CT molecular complexity index is 948. The summed E-state index contributed by atoms with van der Waals surface area (Å²) in [5.74, 6) is -1.41. The number of urea groups is 1. The SMILES string of the molecule is CC[C@]1(c2ccccc2)NC(=O)N(NC(=O)C[C@H](NC(C)=O)c2ccccc2)C1=O. The van der Waals surface area contributed by atoms with Gasteiger partial charge in [-0.05, 0) is 17.5 Å². The number of rotatable bonds is 7. The predicted molar refractivity (Wildman–Crippen MR) is 110 cm³/mol. The van der Waals surface area contributed by atoms with Gasteiger partial charge in [-0.3, -0.25) is 19.8 Å². The van der Waals surface area contributed by atoms with Crippen molar-refractivity contribution in [2.24, 2.45) is 0 Å². The second-order valence-electron chi connectivity index (χ2n) is 7.10. The lowest BCUT2D eigenvalue weighted by Crippen LogP contribution is -2.49. The van der Waals surface area contributed by atoms with Crippen LogP contribution in [0, 0.1) is 0 Å². The monoisotopic (exact) mass is 408 g/mol. The molecule has 2 atom stereocenters. The van der Waals surface area contributed by atoms with Crippen LogP contribution in [0.2, 0.25) is 0 Å². The van der Waals surface area contributed by atoms with Gasteiger partial charge in [0, 0.05) is 6.92 Å². The van der Waals surface area contributed by atoms with E-state index in [0.717, 1.165) is 5.56 Å². The molecule has 1 aliphatic rings. The molecular weight excluding hydrogens is 384 g/mol. The first-order valence-corrected chi connectivity index (χ1v) is 9.71. The molecule has 0 radical (unpaired) electrons. The number of amides is 5. The summed E-state index contributed by atoms with van der Waals surface area (Å²) in [6, 6.07) is 16.6. The second-order valence-corrected chi connectivity index (χ2v) is 7.10. The molecule has 156 valence electrons. The maximum atomic E-state index is 13.1. The lowest BCUT2D eigenvalue weighted by atomic mass is 9.87. The molecule has 2 aromatic rings. The van der Waals surface area contributed by atoms with E-state index in [-0.39, 0.29) is 12.3 Å². The number of nitrogens with zero attached hydrogens (tertiary/aromatic N) is 1. The normalized spacial score (nSPS) is 19.2. The van der Waals surface area contributed by atoms with Crippen LogP contribution in [0.5, 0.6) is 0 Å². The number of hydrogen-bond donors (Lipinski definition) is 3. The fourth-order valence-corrected chi connectivity index (χ4v) is 3.58. The van der Waals surface area contributed by atoms with E-state index in [1.54, 1.807) is 55.5 Å². The average Bonchev–Trinajstić information content (AvgIpc) is 2.99. The molecule has 0 unspecified atom stereocenters. The van der Waals surface area contributed by atoms with Crippen LogP contribution in [0.25, 0.3) is 0 Å². The van der Waals surface area contributed by atoms with Gasteiger partial charge in [0.2, 0.25) is 11.8 Å². The number of hydrazine groups is 1. The first-order valence-electron chi connectivity index (χ1n) is 9.71. The van der Waals surface area contributed by atoms with Crippen LogP contribution in [0.1, 0.15) is 43.9 Å². The third kappa shape index (κ3) is 4.17. The summed E-state index contributed by atoms with van der Waals surface area (Å²) in [6.07, 6.45) is 0.192. The van der Waals surface area contributed by atoms with Crippen molar-refractivity contribution >= 4 is 23.8 Å². The van der Waals surface area contributed by atoms with Crippen LogP contribution in [-0.4, -0.2) is 28.8 Å².